The fourth-order valence-corrected chi connectivity index (χ4v) is 4.50. The van der Waals surface area contributed by atoms with Crippen molar-refractivity contribution in [2.45, 2.75) is 30.5 Å². The van der Waals surface area contributed by atoms with E-state index in [4.69, 9.17) is 0 Å². The molecule has 9 nitrogen and oxygen atoms in total. The molecule has 0 aliphatic heterocycles. The molecule has 0 saturated heterocycles. The van der Waals surface area contributed by atoms with E-state index in [2.05, 4.69) is 31.9 Å². The number of hydrogen-bond acceptors (Lipinski definition) is 6. The van der Waals surface area contributed by atoms with Crippen LogP contribution in [0.25, 0.3) is 16.9 Å². The number of aryl methyl sites for hydroxylation is 2. The Morgan fingerprint density at radius 1 is 1.07 bits per heavy atom. The van der Waals surface area contributed by atoms with Gasteiger partial charge >= 0.3 is 5.69 Å². The molecule has 154 valence electrons. The number of aromatic nitrogens is 7. The summed E-state index contributed by atoms with van der Waals surface area (Å²) in [5.41, 5.74) is 1.18. The summed E-state index contributed by atoms with van der Waals surface area (Å²) >= 11 is 1.60. The molecule has 0 atom stereocenters. The van der Waals surface area contributed by atoms with Crippen molar-refractivity contribution in [3.63, 3.8) is 0 Å². The third kappa shape index (κ3) is 3.07. The Kier molecular flexibility index (Phi) is 4.58. The zero-order valence-corrected chi connectivity index (χ0v) is 17.5. The van der Waals surface area contributed by atoms with Crippen molar-refractivity contribution in [2.24, 2.45) is 14.1 Å². The van der Waals surface area contributed by atoms with E-state index in [1.54, 1.807) is 29.7 Å². The average Bonchev–Trinajstić information content (AvgIpc) is 3.39. The molecule has 0 N–H and O–H groups in total. The minimum atomic E-state index is -0.379. The van der Waals surface area contributed by atoms with Gasteiger partial charge in [0, 0.05) is 38.0 Å². The van der Waals surface area contributed by atoms with Crippen molar-refractivity contribution in [1.29, 1.82) is 0 Å². The predicted molar refractivity (Wildman–Crippen MR) is 114 cm³/mol. The summed E-state index contributed by atoms with van der Waals surface area (Å²) in [6, 6.07) is 10.1. The van der Waals surface area contributed by atoms with Crippen molar-refractivity contribution in [1.82, 2.24) is 33.4 Å². The SMILES string of the molecule is Cn1c(=O)c2c(ncn2CCSc2nnc(C3CC3)n2-c2ccccc2)n(C)c1=O. The molecule has 1 fully saturated rings. The molecular weight excluding hydrogens is 402 g/mol. The standard InChI is InChI=1S/C20H21N7O2S/c1-24-17-15(18(28)25(2)20(24)29)26(12-21-17)10-11-30-19-23-22-16(13-8-9-13)27(19)14-6-4-3-5-7-14/h3-7,12-13H,8-11H2,1-2H3. The van der Waals surface area contributed by atoms with Crippen molar-refractivity contribution in [3.8, 4) is 5.69 Å². The molecule has 4 aromatic rings. The largest absolute Gasteiger partial charge is 0.332 e. The summed E-state index contributed by atoms with van der Waals surface area (Å²) < 4.78 is 6.45. The second-order valence-corrected chi connectivity index (χ2v) is 8.51. The Labute approximate surface area is 176 Å². The van der Waals surface area contributed by atoms with Crippen LogP contribution in [0.15, 0.2) is 51.4 Å². The van der Waals surface area contributed by atoms with Crippen molar-refractivity contribution in [3.05, 3.63) is 63.3 Å². The molecule has 0 radical (unpaired) electrons. The normalized spacial score (nSPS) is 13.9. The number of nitrogens with zero attached hydrogens (tertiary/aromatic N) is 7. The molecule has 0 amide bonds. The lowest BCUT2D eigenvalue weighted by Crippen LogP contribution is -2.37. The Bertz CT molecular complexity index is 1350. The lowest BCUT2D eigenvalue weighted by atomic mass is 10.3. The predicted octanol–water partition coefficient (Wildman–Crippen LogP) is 1.68. The summed E-state index contributed by atoms with van der Waals surface area (Å²) in [7, 11) is 3.11. The van der Waals surface area contributed by atoms with Gasteiger partial charge in [0.25, 0.3) is 5.56 Å². The molecular formula is C20H21N7O2S. The second-order valence-electron chi connectivity index (χ2n) is 7.45. The van der Waals surface area contributed by atoms with E-state index >= 15 is 0 Å². The number of hydrogen-bond donors (Lipinski definition) is 0. The van der Waals surface area contributed by atoms with E-state index in [9.17, 15) is 9.59 Å². The zero-order valence-electron chi connectivity index (χ0n) is 16.7. The monoisotopic (exact) mass is 423 g/mol. The first-order valence-corrected chi connectivity index (χ1v) is 10.8. The number of rotatable bonds is 6. The quantitative estimate of drug-likeness (QED) is 0.438. The molecule has 10 heteroatoms. The summed E-state index contributed by atoms with van der Waals surface area (Å²) in [5.74, 6) is 2.18. The highest BCUT2D eigenvalue weighted by atomic mass is 32.2. The molecule has 0 bridgehead atoms. The van der Waals surface area contributed by atoms with Crippen molar-refractivity contribution in [2.75, 3.05) is 5.75 Å². The van der Waals surface area contributed by atoms with Gasteiger partial charge in [-0.1, -0.05) is 30.0 Å². The molecule has 30 heavy (non-hydrogen) atoms. The van der Waals surface area contributed by atoms with E-state index in [0.29, 0.717) is 29.4 Å². The molecule has 1 aromatic carbocycles. The van der Waals surface area contributed by atoms with Crippen molar-refractivity contribution >= 4 is 22.9 Å². The van der Waals surface area contributed by atoms with E-state index in [-0.39, 0.29) is 11.2 Å². The molecule has 1 aliphatic carbocycles. The fourth-order valence-electron chi connectivity index (χ4n) is 3.60. The van der Waals surface area contributed by atoms with E-state index in [0.717, 1.165) is 34.1 Å². The smallest absolute Gasteiger partial charge is 0.324 e. The number of fused-ring (bicyclic) bond motifs is 1. The van der Waals surface area contributed by atoms with Gasteiger partial charge in [-0.2, -0.15) is 0 Å². The highest BCUT2D eigenvalue weighted by Crippen LogP contribution is 2.41. The van der Waals surface area contributed by atoms with Crippen LogP contribution in [0.5, 0.6) is 0 Å². The maximum absolute atomic E-state index is 12.6. The van der Waals surface area contributed by atoms with Crippen LogP contribution in [0, 0.1) is 0 Å². The molecule has 1 saturated carbocycles. The highest BCUT2D eigenvalue weighted by molar-refractivity contribution is 7.99. The second kappa shape index (κ2) is 7.28. The van der Waals surface area contributed by atoms with Crippen LogP contribution in [0.2, 0.25) is 0 Å². The number of thioether (sulfide) groups is 1. The summed E-state index contributed by atoms with van der Waals surface area (Å²) in [4.78, 5) is 29.0. The topological polar surface area (TPSA) is 92.5 Å². The van der Waals surface area contributed by atoms with Gasteiger partial charge in [0.05, 0.1) is 6.33 Å². The van der Waals surface area contributed by atoms with Crippen LogP contribution in [0.1, 0.15) is 24.6 Å². The highest BCUT2D eigenvalue weighted by Gasteiger charge is 2.31. The van der Waals surface area contributed by atoms with Crippen LogP contribution in [-0.4, -0.2) is 39.2 Å². The van der Waals surface area contributed by atoms with Crippen LogP contribution in [-0.2, 0) is 20.6 Å². The summed E-state index contributed by atoms with van der Waals surface area (Å²) in [5, 5.41) is 9.72. The van der Waals surface area contributed by atoms with Crippen LogP contribution in [0.3, 0.4) is 0 Å². The number of benzene rings is 1. The average molecular weight is 424 g/mol. The summed E-state index contributed by atoms with van der Waals surface area (Å²) in [6.07, 6.45) is 3.92. The lowest BCUT2D eigenvalue weighted by Gasteiger charge is -2.10. The maximum Gasteiger partial charge on any atom is 0.332 e. The first-order chi connectivity index (χ1) is 14.6. The Morgan fingerprint density at radius 3 is 2.57 bits per heavy atom. The molecule has 5 rings (SSSR count). The van der Waals surface area contributed by atoms with Gasteiger partial charge in [0.1, 0.15) is 5.82 Å². The van der Waals surface area contributed by atoms with E-state index < -0.39 is 0 Å². The maximum atomic E-state index is 12.6. The zero-order chi connectivity index (χ0) is 20.8. The third-order valence-electron chi connectivity index (χ3n) is 5.40. The van der Waals surface area contributed by atoms with Crippen LogP contribution < -0.4 is 11.2 Å². The van der Waals surface area contributed by atoms with Gasteiger partial charge < -0.3 is 4.57 Å². The Hall–Kier alpha value is -3.14. The van der Waals surface area contributed by atoms with Gasteiger partial charge in [0.15, 0.2) is 16.3 Å². The van der Waals surface area contributed by atoms with E-state index in [1.165, 1.54) is 11.6 Å². The fraction of sp³-hybridized carbons (Fsp3) is 0.350. The minimum absolute atomic E-state index is 0.334. The van der Waals surface area contributed by atoms with Crippen molar-refractivity contribution < 1.29 is 0 Å². The van der Waals surface area contributed by atoms with Crippen LogP contribution in [0.4, 0.5) is 0 Å². The van der Waals surface area contributed by atoms with Gasteiger partial charge in [-0.3, -0.25) is 18.5 Å². The minimum Gasteiger partial charge on any atom is -0.324 e. The first kappa shape index (κ1) is 18.9. The Balaban J connectivity index is 1.42. The summed E-state index contributed by atoms with van der Waals surface area (Å²) in [6.45, 7) is 0.565. The van der Waals surface area contributed by atoms with Crippen LogP contribution >= 0.6 is 11.8 Å². The van der Waals surface area contributed by atoms with E-state index in [1.807, 2.05) is 18.2 Å². The van der Waals surface area contributed by atoms with Gasteiger partial charge in [0.2, 0.25) is 0 Å². The first-order valence-electron chi connectivity index (χ1n) is 9.80. The Morgan fingerprint density at radius 2 is 1.83 bits per heavy atom. The molecule has 1 aliphatic rings. The molecule has 0 spiro atoms. The van der Waals surface area contributed by atoms with Gasteiger partial charge in [-0.05, 0) is 25.0 Å². The molecule has 3 heterocycles. The number of imidazole rings is 1. The molecule has 3 aromatic heterocycles. The van der Waals surface area contributed by atoms with Gasteiger partial charge in [-0.15, -0.1) is 10.2 Å². The third-order valence-corrected chi connectivity index (χ3v) is 6.30. The number of para-hydroxylation sites is 1. The lowest BCUT2D eigenvalue weighted by molar-refractivity contribution is 0.700. The molecule has 0 unspecified atom stereocenters. The van der Waals surface area contributed by atoms with Gasteiger partial charge in [-0.25, -0.2) is 9.78 Å².